The number of nitrogens with zero attached hydrogens (tertiary/aromatic N) is 3. The lowest BCUT2D eigenvalue weighted by Crippen LogP contribution is -2.37. The van der Waals surface area contributed by atoms with Gasteiger partial charge in [-0.05, 0) is 60.7 Å². The summed E-state index contributed by atoms with van der Waals surface area (Å²) in [6.45, 7) is 5.53. The molecule has 1 amide bonds. The van der Waals surface area contributed by atoms with E-state index < -0.39 is 0 Å². The Morgan fingerprint density at radius 1 is 1.17 bits per heavy atom. The minimum absolute atomic E-state index is 0.213. The minimum atomic E-state index is -0.347. The lowest BCUT2D eigenvalue weighted by atomic mass is 10.2. The maximum atomic E-state index is 12.6. The van der Waals surface area contributed by atoms with Gasteiger partial charge in [0.2, 0.25) is 0 Å². The van der Waals surface area contributed by atoms with Gasteiger partial charge in [-0.2, -0.15) is 0 Å². The number of allylic oxidation sites excluding steroid dienone is 1. The normalized spacial score (nSPS) is 13.2. The van der Waals surface area contributed by atoms with E-state index in [1.165, 1.54) is 11.8 Å². The molecule has 1 aliphatic rings. The first-order chi connectivity index (χ1) is 17.3. The lowest BCUT2D eigenvalue weighted by Gasteiger charge is -2.32. The molecular weight excluding hydrogens is 519 g/mol. The third-order valence-electron chi connectivity index (χ3n) is 5.22. The molecule has 1 aromatic heterocycles. The zero-order valence-corrected chi connectivity index (χ0v) is 21.5. The molecule has 4 rings (SSSR count). The van der Waals surface area contributed by atoms with Crippen LogP contribution >= 0.6 is 35.0 Å². The summed E-state index contributed by atoms with van der Waals surface area (Å²) in [6, 6.07) is 14.1. The molecule has 36 heavy (non-hydrogen) atoms. The molecule has 0 atom stereocenters. The van der Waals surface area contributed by atoms with Crippen LogP contribution in [-0.2, 0) is 0 Å². The first kappa shape index (κ1) is 25.8. The fourth-order valence-electron chi connectivity index (χ4n) is 3.29. The van der Waals surface area contributed by atoms with Gasteiger partial charge in [0.25, 0.3) is 5.91 Å². The first-order valence-electron chi connectivity index (χ1n) is 11.0. The van der Waals surface area contributed by atoms with Crippen LogP contribution in [0.2, 0.25) is 10.0 Å². The Morgan fingerprint density at radius 3 is 2.58 bits per heavy atom. The Morgan fingerprint density at radius 2 is 1.92 bits per heavy atom. The van der Waals surface area contributed by atoms with Gasteiger partial charge in [0.05, 0.1) is 22.2 Å². The third-order valence-corrected chi connectivity index (χ3v) is 6.91. The summed E-state index contributed by atoms with van der Waals surface area (Å²) in [5.41, 5.74) is 7.40. The second-order valence-corrected chi connectivity index (χ2v) is 9.77. The Balaban J connectivity index is 1.48. The highest BCUT2D eigenvalue weighted by Crippen LogP contribution is 2.31. The van der Waals surface area contributed by atoms with E-state index >= 15 is 0 Å². The molecule has 186 valence electrons. The van der Waals surface area contributed by atoms with E-state index in [0.29, 0.717) is 38.6 Å². The molecule has 5 N–H and O–H groups in total. The number of carbonyl (C=O) groups is 1. The van der Waals surface area contributed by atoms with Crippen molar-refractivity contribution in [3.8, 4) is 0 Å². The van der Waals surface area contributed by atoms with Crippen molar-refractivity contribution in [1.82, 2.24) is 9.97 Å². The maximum absolute atomic E-state index is 12.6. The number of hydrogen-bond acceptors (Lipinski definition) is 8. The minimum Gasteiger partial charge on any atom is -0.400 e. The topological polar surface area (TPSA) is 116 Å². The number of amides is 1. The highest BCUT2D eigenvalue weighted by atomic mass is 35.5. The summed E-state index contributed by atoms with van der Waals surface area (Å²) in [6.07, 6.45) is 2.67. The second kappa shape index (κ2) is 11.7. The molecule has 11 heteroatoms. The van der Waals surface area contributed by atoms with Gasteiger partial charge in [-0.3, -0.25) is 4.79 Å². The average Bonchev–Trinajstić information content (AvgIpc) is 2.80. The summed E-state index contributed by atoms with van der Waals surface area (Å²) in [5, 5.41) is 16.2. The van der Waals surface area contributed by atoms with Gasteiger partial charge in [-0.25, -0.2) is 9.97 Å². The standard InChI is InChI=1S/C25H24Cl2N6O2S/c1-15(12-16(28)14-34)29-21-13-22(33-10-3-11-33)32-25(31-21)36-18-8-6-17(7-9-18)30-24(35)19-4-2-5-20(26)23(19)27/h2,4-9,12-13,34H,1,3,10-11,14,28H2,(H,30,35)(H,29,31,32)/b16-12-. The number of aliphatic hydroxyl groups is 1. The van der Waals surface area contributed by atoms with Crippen molar-refractivity contribution in [3.63, 3.8) is 0 Å². The van der Waals surface area contributed by atoms with Crippen molar-refractivity contribution in [2.45, 2.75) is 16.5 Å². The Kier molecular flexibility index (Phi) is 8.37. The monoisotopic (exact) mass is 542 g/mol. The molecule has 1 fully saturated rings. The molecule has 0 unspecified atom stereocenters. The van der Waals surface area contributed by atoms with Crippen LogP contribution in [0, 0.1) is 0 Å². The number of hydrogen-bond donors (Lipinski definition) is 4. The van der Waals surface area contributed by atoms with Crippen molar-refractivity contribution in [3.05, 3.63) is 88.2 Å². The van der Waals surface area contributed by atoms with Gasteiger partial charge in [0.15, 0.2) is 5.16 Å². The highest BCUT2D eigenvalue weighted by molar-refractivity contribution is 7.99. The van der Waals surface area contributed by atoms with Gasteiger partial charge in [-0.15, -0.1) is 0 Å². The second-order valence-electron chi connectivity index (χ2n) is 7.94. The summed E-state index contributed by atoms with van der Waals surface area (Å²) < 4.78 is 0. The van der Waals surface area contributed by atoms with Crippen molar-refractivity contribution in [1.29, 1.82) is 0 Å². The van der Waals surface area contributed by atoms with Crippen LogP contribution in [0.1, 0.15) is 16.8 Å². The summed E-state index contributed by atoms with van der Waals surface area (Å²) >= 11 is 13.6. The van der Waals surface area contributed by atoms with Gasteiger partial charge in [0.1, 0.15) is 11.6 Å². The fourth-order valence-corrected chi connectivity index (χ4v) is 4.44. The van der Waals surface area contributed by atoms with Gasteiger partial charge >= 0.3 is 0 Å². The van der Waals surface area contributed by atoms with Crippen LogP contribution in [0.15, 0.2) is 82.6 Å². The van der Waals surface area contributed by atoms with E-state index in [0.717, 1.165) is 30.2 Å². The Hall–Kier alpha value is -3.24. The Labute approximate surface area is 223 Å². The SMILES string of the molecule is C=C(/C=C(\N)CO)Nc1cc(N2CCC2)nc(Sc2ccc(NC(=O)c3cccc(Cl)c3Cl)cc2)n1. The molecule has 0 aliphatic carbocycles. The van der Waals surface area contributed by atoms with E-state index in [4.69, 9.17) is 39.0 Å². The summed E-state index contributed by atoms with van der Waals surface area (Å²) in [5.74, 6) is 1.04. The van der Waals surface area contributed by atoms with Crippen LogP contribution in [0.4, 0.5) is 17.3 Å². The average molecular weight is 543 g/mol. The van der Waals surface area contributed by atoms with Crippen LogP contribution in [0.25, 0.3) is 0 Å². The van der Waals surface area contributed by atoms with Crippen molar-refractivity contribution in [2.75, 3.05) is 35.2 Å². The number of carbonyl (C=O) groups excluding carboxylic acids is 1. The van der Waals surface area contributed by atoms with E-state index in [2.05, 4.69) is 27.1 Å². The quantitative estimate of drug-likeness (QED) is 0.216. The molecule has 0 radical (unpaired) electrons. The van der Waals surface area contributed by atoms with E-state index in [1.807, 2.05) is 18.2 Å². The third kappa shape index (κ3) is 6.50. The van der Waals surface area contributed by atoms with Crippen LogP contribution in [0.5, 0.6) is 0 Å². The zero-order valence-electron chi connectivity index (χ0n) is 19.2. The summed E-state index contributed by atoms with van der Waals surface area (Å²) in [4.78, 5) is 24.9. The van der Waals surface area contributed by atoms with Crippen LogP contribution < -0.4 is 21.3 Å². The lowest BCUT2D eigenvalue weighted by molar-refractivity contribution is 0.102. The smallest absolute Gasteiger partial charge is 0.257 e. The van der Waals surface area contributed by atoms with Gasteiger partial charge in [-0.1, -0.05) is 35.8 Å². The van der Waals surface area contributed by atoms with Gasteiger partial charge < -0.3 is 26.4 Å². The molecule has 8 nitrogen and oxygen atoms in total. The largest absolute Gasteiger partial charge is 0.400 e. The molecule has 2 aromatic carbocycles. The number of aromatic nitrogens is 2. The zero-order chi connectivity index (χ0) is 25.7. The molecule has 2 heterocycles. The number of rotatable bonds is 9. The van der Waals surface area contributed by atoms with E-state index in [-0.39, 0.29) is 17.5 Å². The van der Waals surface area contributed by atoms with Crippen molar-refractivity contribution in [2.24, 2.45) is 5.73 Å². The highest BCUT2D eigenvalue weighted by Gasteiger charge is 2.18. The van der Waals surface area contributed by atoms with Crippen molar-refractivity contribution >= 4 is 58.2 Å². The summed E-state index contributed by atoms with van der Waals surface area (Å²) in [7, 11) is 0. The molecule has 0 spiro atoms. The molecule has 1 saturated heterocycles. The molecule has 3 aromatic rings. The molecule has 0 bridgehead atoms. The first-order valence-corrected chi connectivity index (χ1v) is 12.6. The number of anilines is 3. The maximum Gasteiger partial charge on any atom is 0.257 e. The molecule has 0 saturated carbocycles. The number of nitrogens with two attached hydrogens (primary N) is 1. The van der Waals surface area contributed by atoms with Crippen LogP contribution in [0.3, 0.4) is 0 Å². The number of halogens is 2. The van der Waals surface area contributed by atoms with Crippen molar-refractivity contribution < 1.29 is 9.90 Å². The number of nitrogens with one attached hydrogen (secondary N) is 2. The van der Waals surface area contributed by atoms with Crippen LogP contribution in [-0.4, -0.2) is 40.7 Å². The number of benzene rings is 2. The molecular formula is C25H24Cl2N6O2S. The predicted molar refractivity (Wildman–Crippen MR) is 146 cm³/mol. The molecule has 1 aliphatic heterocycles. The Bertz CT molecular complexity index is 1310. The number of aliphatic hydroxyl groups excluding tert-OH is 1. The van der Waals surface area contributed by atoms with E-state index in [1.54, 1.807) is 36.4 Å². The van der Waals surface area contributed by atoms with Gasteiger partial charge in [0, 0.05) is 41.1 Å². The predicted octanol–water partition coefficient (Wildman–Crippen LogP) is 5.16. The fraction of sp³-hybridized carbons (Fsp3) is 0.160. The van der Waals surface area contributed by atoms with E-state index in [9.17, 15) is 4.79 Å².